The van der Waals surface area contributed by atoms with E-state index in [1.54, 1.807) is 5.38 Å². The number of carbonyl (C=O) groups excluding carboxylic acids is 2. The van der Waals surface area contributed by atoms with Gasteiger partial charge >= 0.3 is 0 Å². The van der Waals surface area contributed by atoms with Crippen molar-refractivity contribution in [3.63, 3.8) is 0 Å². The predicted molar refractivity (Wildman–Crippen MR) is 112 cm³/mol. The number of piperidine rings is 1. The van der Waals surface area contributed by atoms with Crippen LogP contribution in [0.25, 0.3) is 0 Å². The first kappa shape index (κ1) is 20.5. The number of benzene rings is 1. The second kappa shape index (κ2) is 9.80. The Bertz CT molecular complexity index is 783. The predicted octanol–water partition coefficient (Wildman–Crippen LogP) is 3.52. The van der Waals surface area contributed by atoms with Crippen LogP contribution >= 0.6 is 11.3 Å². The average molecular weight is 401 g/mol. The Morgan fingerprint density at radius 2 is 1.93 bits per heavy atom. The highest BCUT2D eigenvalue weighted by atomic mass is 32.1. The number of anilines is 1. The van der Waals surface area contributed by atoms with E-state index in [2.05, 4.69) is 44.8 Å². The van der Waals surface area contributed by atoms with Crippen molar-refractivity contribution in [1.29, 1.82) is 0 Å². The topological polar surface area (TPSA) is 74.3 Å². The summed E-state index contributed by atoms with van der Waals surface area (Å²) in [5.41, 5.74) is 1.69. The van der Waals surface area contributed by atoms with Crippen molar-refractivity contribution >= 4 is 28.3 Å². The van der Waals surface area contributed by atoms with Gasteiger partial charge in [-0.3, -0.25) is 14.5 Å². The number of rotatable bonds is 7. The van der Waals surface area contributed by atoms with Crippen LogP contribution in [-0.4, -0.2) is 40.8 Å². The summed E-state index contributed by atoms with van der Waals surface area (Å²) in [4.78, 5) is 31.0. The molecule has 0 radical (unpaired) electrons. The zero-order chi connectivity index (χ0) is 19.9. The van der Waals surface area contributed by atoms with Crippen molar-refractivity contribution < 1.29 is 9.59 Å². The molecule has 150 valence electrons. The zero-order valence-electron chi connectivity index (χ0n) is 16.5. The fourth-order valence-electron chi connectivity index (χ4n) is 3.31. The monoisotopic (exact) mass is 400 g/mol. The second-order valence-electron chi connectivity index (χ2n) is 7.69. The van der Waals surface area contributed by atoms with E-state index in [1.807, 2.05) is 19.9 Å². The lowest BCUT2D eigenvalue weighted by molar-refractivity contribution is -0.116. The SMILES string of the molecule is CC(C)CC(=O)Nc1nc(C(=O)NC2CCN(Cc3ccccc3)CC2)cs1. The zero-order valence-corrected chi connectivity index (χ0v) is 17.3. The third-order valence-electron chi connectivity index (χ3n) is 4.75. The van der Waals surface area contributed by atoms with Gasteiger partial charge in [-0.15, -0.1) is 11.3 Å². The minimum Gasteiger partial charge on any atom is -0.348 e. The molecule has 3 rings (SSSR count). The maximum atomic E-state index is 12.5. The van der Waals surface area contributed by atoms with E-state index in [1.165, 1.54) is 16.9 Å². The van der Waals surface area contributed by atoms with Gasteiger partial charge in [-0.2, -0.15) is 0 Å². The minimum absolute atomic E-state index is 0.0675. The molecule has 6 nitrogen and oxygen atoms in total. The molecule has 0 aliphatic carbocycles. The second-order valence-corrected chi connectivity index (χ2v) is 8.55. The summed E-state index contributed by atoms with van der Waals surface area (Å²) in [6.45, 7) is 6.87. The molecule has 2 heterocycles. The Labute approximate surface area is 170 Å². The Hall–Kier alpha value is -2.25. The quantitative estimate of drug-likeness (QED) is 0.746. The number of likely N-dealkylation sites (tertiary alicyclic amines) is 1. The third kappa shape index (κ3) is 6.14. The molecule has 1 aliphatic heterocycles. The molecule has 0 unspecified atom stereocenters. The number of nitrogens with one attached hydrogen (secondary N) is 2. The number of hydrogen-bond donors (Lipinski definition) is 2. The number of aromatic nitrogens is 1. The van der Waals surface area contributed by atoms with Crippen molar-refractivity contribution in [3.05, 3.63) is 47.0 Å². The first-order valence-corrected chi connectivity index (χ1v) is 10.7. The normalized spacial score (nSPS) is 15.5. The lowest BCUT2D eigenvalue weighted by Crippen LogP contribution is -2.44. The first-order chi connectivity index (χ1) is 13.5. The van der Waals surface area contributed by atoms with Crippen molar-refractivity contribution in [1.82, 2.24) is 15.2 Å². The van der Waals surface area contributed by atoms with Gasteiger partial charge in [0.15, 0.2) is 5.13 Å². The molecular weight excluding hydrogens is 372 g/mol. The van der Waals surface area contributed by atoms with Crippen LogP contribution in [0.4, 0.5) is 5.13 Å². The number of nitrogens with zero attached hydrogens (tertiary/aromatic N) is 2. The van der Waals surface area contributed by atoms with Crippen molar-refractivity contribution in [3.8, 4) is 0 Å². The van der Waals surface area contributed by atoms with E-state index in [4.69, 9.17) is 0 Å². The van der Waals surface area contributed by atoms with Crippen molar-refractivity contribution in [2.45, 2.75) is 45.7 Å². The third-order valence-corrected chi connectivity index (χ3v) is 5.51. The molecule has 1 aliphatic rings. The van der Waals surface area contributed by atoms with E-state index in [-0.39, 0.29) is 23.8 Å². The highest BCUT2D eigenvalue weighted by Gasteiger charge is 2.22. The number of hydrogen-bond acceptors (Lipinski definition) is 5. The first-order valence-electron chi connectivity index (χ1n) is 9.82. The molecule has 2 aromatic rings. The molecule has 1 saturated heterocycles. The van der Waals surface area contributed by atoms with Crippen LogP contribution in [0.3, 0.4) is 0 Å². The Balaban J connectivity index is 1.44. The van der Waals surface area contributed by atoms with E-state index in [0.717, 1.165) is 32.5 Å². The molecule has 1 aromatic heterocycles. The van der Waals surface area contributed by atoms with Gasteiger partial charge < -0.3 is 10.6 Å². The summed E-state index contributed by atoms with van der Waals surface area (Å²) in [5, 5.41) is 8.03. The van der Waals surface area contributed by atoms with Crippen LogP contribution < -0.4 is 10.6 Å². The van der Waals surface area contributed by atoms with Gasteiger partial charge in [0, 0.05) is 37.5 Å². The Morgan fingerprint density at radius 1 is 1.21 bits per heavy atom. The summed E-state index contributed by atoms with van der Waals surface area (Å²) >= 11 is 1.28. The van der Waals surface area contributed by atoms with E-state index in [9.17, 15) is 9.59 Å². The van der Waals surface area contributed by atoms with Gasteiger partial charge in [0.2, 0.25) is 5.91 Å². The van der Waals surface area contributed by atoms with Crippen molar-refractivity contribution in [2.24, 2.45) is 5.92 Å². The number of amides is 2. The molecule has 7 heteroatoms. The van der Waals surface area contributed by atoms with Crippen molar-refractivity contribution in [2.75, 3.05) is 18.4 Å². The molecular formula is C21H28N4O2S. The van der Waals surface area contributed by atoms with Gasteiger partial charge in [-0.05, 0) is 24.3 Å². The molecule has 2 N–H and O–H groups in total. The van der Waals surface area contributed by atoms with Crippen LogP contribution in [0.2, 0.25) is 0 Å². The maximum absolute atomic E-state index is 12.5. The largest absolute Gasteiger partial charge is 0.348 e. The molecule has 0 atom stereocenters. The molecule has 0 spiro atoms. The lowest BCUT2D eigenvalue weighted by atomic mass is 10.0. The summed E-state index contributed by atoms with van der Waals surface area (Å²) in [6, 6.07) is 10.6. The van der Waals surface area contributed by atoms with Gasteiger partial charge in [-0.25, -0.2) is 4.98 Å². The molecule has 2 amide bonds. The Kier molecular flexibility index (Phi) is 7.17. The standard InChI is InChI=1S/C21H28N4O2S/c1-15(2)12-19(26)24-21-23-18(14-28-21)20(27)22-17-8-10-25(11-9-17)13-16-6-4-3-5-7-16/h3-7,14-15,17H,8-13H2,1-2H3,(H,22,27)(H,23,24,26). The number of thiazole rings is 1. The van der Waals surface area contributed by atoms with Gasteiger partial charge in [-0.1, -0.05) is 44.2 Å². The fraction of sp³-hybridized carbons (Fsp3) is 0.476. The summed E-state index contributed by atoms with van der Waals surface area (Å²) in [5.74, 6) is 0.0553. The smallest absolute Gasteiger partial charge is 0.271 e. The Morgan fingerprint density at radius 3 is 2.61 bits per heavy atom. The van der Waals surface area contributed by atoms with Gasteiger partial charge in [0.25, 0.3) is 5.91 Å². The molecule has 1 aromatic carbocycles. The highest BCUT2D eigenvalue weighted by molar-refractivity contribution is 7.14. The van der Waals surface area contributed by atoms with Gasteiger partial charge in [0.05, 0.1) is 0 Å². The molecule has 0 saturated carbocycles. The molecule has 0 bridgehead atoms. The maximum Gasteiger partial charge on any atom is 0.271 e. The summed E-state index contributed by atoms with van der Waals surface area (Å²) in [7, 11) is 0. The highest BCUT2D eigenvalue weighted by Crippen LogP contribution is 2.18. The lowest BCUT2D eigenvalue weighted by Gasteiger charge is -2.32. The number of carbonyl (C=O) groups is 2. The van der Waals surface area contributed by atoms with Crippen LogP contribution in [0.5, 0.6) is 0 Å². The van der Waals surface area contributed by atoms with E-state index in [0.29, 0.717) is 17.2 Å². The fourth-order valence-corrected chi connectivity index (χ4v) is 4.02. The summed E-state index contributed by atoms with van der Waals surface area (Å²) in [6.07, 6.45) is 2.31. The summed E-state index contributed by atoms with van der Waals surface area (Å²) < 4.78 is 0. The van der Waals surface area contributed by atoms with Crippen LogP contribution in [0, 0.1) is 5.92 Å². The van der Waals surface area contributed by atoms with Crippen LogP contribution in [-0.2, 0) is 11.3 Å². The van der Waals surface area contributed by atoms with Crippen LogP contribution in [0.1, 0.15) is 49.2 Å². The minimum atomic E-state index is -0.165. The van der Waals surface area contributed by atoms with Crippen LogP contribution in [0.15, 0.2) is 35.7 Å². The molecule has 1 fully saturated rings. The average Bonchev–Trinajstić information content (AvgIpc) is 3.12. The van der Waals surface area contributed by atoms with E-state index >= 15 is 0 Å². The molecule has 28 heavy (non-hydrogen) atoms. The van der Waals surface area contributed by atoms with Gasteiger partial charge in [0.1, 0.15) is 5.69 Å². The van der Waals surface area contributed by atoms with E-state index < -0.39 is 0 Å².